The lowest BCUT2D eigenvalue weighted by Gasteiger charge is -2.06. The lowest BCUT2D eigenvalue weighted by molar-refractivity contribution is 1.58. The van der Waals surface area contributed by atoms with Gasteiger partial charge in [0.05, 0.1) is 12.5 Å². The van der Waals surface area contributed by atoms with E-state index in [9.17, 15) is 0 Å². The van der Waals surface area contributed by atoms with Gasteiger partial charge in [0, 0.05) is 10.0 Å². The fraction of sp³-hybridized carbons (Fsp3) is 0. The van der Waals surface area contributed by atoms with Crippen LogP contribution in [0.3, 0.4) is 0 Å². The molecule has 2 N–H and O–H groups in total. The minimum Gasteiger partial charge on any atom is -0.397 e. The van der Waals surface area contributed by atoms with Crippen LogP contribution in [0.15, 0.2) is 52.9 Å². The van der Waals surface area contributed by atoms with Gasteiger partial charge in [-0.05, 0) is 27.6 Å². The molecule has 14 heavy (non-hydrogen) atoms. The number of anilines is 1. The monoisotopic (exact) mass is 252 g/mol. The molecule has 2 aromatic carbocycles. The Morgan fingerprint density at radius 1 is 1.14 bits per heavy atom. The van der Waals surface area contributed by atoms with Gasteiger partial charge in [-0.2, -0.15) is 0 Å². The number of para-hydroxylation sites is 1. The fourth-order valence-electron chi connectivity index (χ4n) is 1.14. The van der Waals surface area contributed by atoms with Crippen LogP contribution in [0.2, 0.25) is 0 Å². The van der Waals surface area contributed by atoms with E-state index in [1.807, 2.05) is 0 Å². The first-order valence-corrected chi connectivity index (χ1v) is 4.76. The van der Waals surface area contributed by atoms with E-state index in [0.29, 0.717) is 15.7 Å². The van der Waals surface area contributed by atoms with Gasteiger partial charge in [-0.25, -0.2) is 0 Å². The molecule has 0 heterocycles. The van der Waals surface area contributed by atoms with Gasteiger partial charge in [0.1, 0.15) is 0 Å². The van der Waals surface area contributed by atoms with Crippen molar-refractivity contribution < 1.29 is 6.85 Å². The first kappa shape index (κ1) is 4.99. The molecule has 0 fully saturated rings. The Bertz CT molecular complexity index is 643. The number of nitrogens with two attached hydrogens (primary N) is 1. The third-order valence-electron chi connectivity index (χ3n) is 1.82. The van der Waals surface area contributed by atoms with E-state index >= 15 is 0 Å². The zero-order chi connectivity index (χ0) is 14.3. The van der Waals surface area contributed by atoms with E-state index in [-0.39, 0.29) is 29.7 Å². The summed E-state index contributed by atoms with van der Waals surface area (Å²) in [5, 5.41) is 0. The van der Waals surface area contributed by atoms with Crippen molar-refractivity contribution in [2.45, 2.75) is 0 Å². The van der Waals surface area contributed by atoms with Gasteiger partial charge in [-0.3, -0.25) is 0 Å². The van der Waals surface area contributed by atoms with Gasteiger partial charge in [0.2, 0.25) is 0 Å². The van der Waals surface area contributed by atoms with Crippen molar-refractivity contribution in [3.05, 3.63) is 52.9 Å². The smallest absolute Gasteiger partial charge is 0.0629 e. The fourth-order valence-corrected chi connectivity index (χ4v) is 1.51. The van der Waals surface area contributed by atoms with Gasteiger partial charge in [-0.1, -0.05) is 42.3 Å². The minimum absolute atomic E-state index is 0.116. The van der Waals surface area contributed by atoms with Crippen molar-refractivity contribution in [1.82, 2.24) is 0 Å². The molecular weight excluding hydrogens is 238 g/mol. The van der Waals surface area contributed by atoms with E-state index in [1.54, 1.807) is 18.2 Å². The summed E-state index contributed by atoms with van der Waals surface area (Å²) in [6, 6.07) is 3.42. The number of rotatable bonds is 1. The zero-order valence-electron chi connectivity index (χ0n) is 12.2. The van der Waals surface area contributed by atoms with E-state index in [4.69, 9.17) is 12.6 Å². The van der Waals surface area contributed by atoms with Gasteiger partial charge in [0.25, 0.3) is 0 Å². The summed E-state index contributed by atoms with van der Waals surface area (Å²) in [6.45, 7) is 0. The summed E-state index contributed by atoms with van der Waals surface area (Å²) in [5.41, 5.74) is 6.79. The van der Waals surface area contributed by atoms with E-state index < -0.39 is 6.04 Å². The molecule has 2 heteroatoms. The number of hydrogen-bond acceptors (Lipinski definition) is 1. The Hall–Kier alpha value is -1.28. The topological polar surface area (TPSA) is 26.0 Å². The highest BCUT2D eigenvalue weighted by Crippen LogP contribution is 2.31. The molecule has 0 saturated carbocycles. The lowest BCUT2D eigenvalue weighted by Crippen LogP contribution is -1.90. The zero-order valence-corrected chi connectivity index (χ0v) is 8.77. The molecule has 0 aliphatic carbocycles. The summed E-state index contributed by atoms with van der Waals surface area (Å²) in [7, 11) is 0. The predicted molar refractivity (Wildman–Crippen MR) is 64.0 cm³/mol. The molecule has 0 radical (unpaired) electrons. The Morgan fingerprint density at radius 2 is 1.86 bits per heavy atom. The minimum atomic E-state index is -0.410. The third kappa shape index (κ3) is 1.66. The van der Waals surface area contributed by atoms with Crippen LogP contribution in [0.1, 0.15) is 6.85 Å². The number of benzene rings is 2. The number of hydrogen-bond donors (Lipinski definition) is 1. The summed E-state index contributed by atoms with van der Waals surface area (Å²) < 4.78 is 39.3. The van der Waals surface area contributed by atoms with Gasteiger partial charge in [-0.15, -0.1) is 0 Å². The molecule has 2 aromatic rings. The first-order valence-electron chi connectivity index (χ1n) is 6.47. The summed E-state index contributed by atoms with van der Waals surface area (Å²) in [6.07, 6.45) is 0. The molecule has 70 valence electrons. The standard InChI is InChI=1S/C12H10BrN/c13-11-8-4-7-10(12(11)14)9-5-2-1-3-6-9/h1-8H,14H2/i1D,2D,3D,5D,6D. The van der Waals surface area contributed by atoms with Crippen molar-refractivity contribution >= 4 is 21.6 Å². The highest BCUT2D eigenvalue weighted by Gasteiger charge is 2.03. The van der Waals surface area contributed by atoms with Crippen LogP contribution in [0, 0.1) is 0 Å². The number of halogens is 1. The Labute approximate surface area is 98.7 Å². The van der Waals surface area contributed by atoms with Gasteiger partial charge >= 0.3 is 0 Å². The summed E-state index contributed by atoms with van der Waals surface area (Å²) in [4.78, 5) is 0. The van der Waals surface area contributed by atoms with E-state index in [0.717, 1.165) is 0 Å². The first-order chi connectivity index (χ1) is 8.86. The molecule has 0 spiro atoms. The summed E-state index contributed by atoms with van der Waals surface area (Å²) in [5.74, 6) is 0. The Balaban J connectivity index is 2.87. The van der Waals surface area contributed by atoms with Crippen LogP contribution in [-0.2, 0) is 0 Å². The van der Waals surface area contributed by atoms with Gasteiger partial charge < -0.3 is 5.73 Å². The maximum atomic E-state index is 7.90. The van der Waals surface area contributed by atoms with E-state index in [1.165, 1.54) is 0 Å². The average Bonchev–Trinajstić information content (AvgIpc) is 2.39. The Kier molecular flexibility index (Phi) is 1.37. The van der Waals surface area contributed by atoms with Crippen LogP contribution < -0.4 is 5.73 Å². The van der Waals surface area contributed by atoms with Crippen LogP contribution >= 0.6 is 15.9 Å². The third-order valence-corrected chi connectivity index (χ3v) is 2.51. The maximum absolute atomic E-state index is 7.90. The molecule has 0 unspecified atom stereocenters. The van der Waals surface area contributed by atoms with Crippen LogP contribution in [0.4, 0.5) is 5.69 Å². The second kappa shape index (κ2) is 3.84. The molecule has 2 rings (SSSR count). The highest BCUT2D eigenvalue weighted by molar-refractivity contribution is 9.10. The lowest BCUT2D eigenvalue weighted by atomic mass is 10.0. The van der Waals surface area contributed by atoms with Crippen LogP contribution in [0.25, 0.3) is 11.1 Å². The van der Waals surface area contributed by atoms with Crippen molar-refractivity contribution in [1.29, 1.82) is 0 Å². The predicted octanol–water partition coefficient (Wildman–Crippen LogP) is 3.70. The van der Waals surface area contributed by atoms with Crippen LogP contribution in [0.5, 0.6) is 0 Å². The number of nitrogen functional groups attached to an aromatic ring is 1. The highest BCUT2D eigenvalue weighted by atomic mass is 79.9. The molecule has 0 saturated heterocycles. The van der Waals surface area contributed by atoms with Crippen LogP contribution in [-0.4, -0.2) is 0 Å². The molecule has 1 nitrogen and oxygen atoms in total. The van der Waals surface area contributed by atoms with Crippen molar-refractivity contribution in [2.24, 2.45) is 0 Å². The quantitative estimate of drug-likeness (QED) is 0.770. The van der Waals surface area contributed by atoms with Gasteiger partial charge in [0.15, 0.2) is 0 Å². The van der Waals surface area contributed by atoms with Crippen molar-refractivity contribution in [2.75, 3.05) is 5.73 Å². The second-order valence-corrected chi connectivity index (χ2v) is 3.56. The largest absolute Gasteiger partial charge is 0.397 e. The molecule has 0 aromatic heterocycles. The molecule has 0 atom stereocenters. The van der Waals surface area contributed by atoms with E-state index in [2.05, 4.69) is 15.9 Å². The molecule has 0 amide bonds. The molecular formula is C12H10BrN. The normalized spacial score (nSPS) is 15.1. The second-order valence-electron chi connectivity index (χ2n) is 2.70. The molecule has 0 aliphatic heterocycles. The van der Waals surface area contributed by atoms with Crippen molar-refractivity contribution in [3.63, 3.8) is 0 Å². The average molecular weight is 253 g/mol. The maximum Gasteiger partial charge on any atom is 0.0629 e. The SMILES string of the molecule is [2H]c1c([2H])c([2H])c(-c2cccc(Br)c2N)c([2H])c1[2H]. The molecule has 0 bridgehead atoms. The summed E-state index contributed by atoms with van der Waals surface area (Å²) >= 11 is 3.27. The Morgan fingerprint density at radius 3 is 2.57 bits per heavy atom. The van der Waals surface area contributed by atoms with Crippen molar-refractivity contribution in [3.8, 4) is 11.1 Å². The molecule has 0 aliphatic rings.